The number of H-pyrrole nitrogens is 1. The van der Waals surface area contributed by atoms with Crippen molar-refractivity contribution in [2.45, 2.75) is 39.5 Å². The lowest BCUT2D eigenvalue weighted by molar-refractivity contribution is -0.138. The largest absolute Gasteiger partial charge is 0.481 e. The average molecular weight is 474 g/mol. The predicted octanol–water partition coefficient (Wildman–Crippen LogP) is 4.43. The molecule has 2 rings (SSSR count). The summed E-state index contributed by atoms with van der Waals surface area (Å²) in [6.45, 7) is 3.81. The van der Waals surface area contributed by atoms with E-state index in [2.05, 4.69) is 41.8 Å². The van der Waals surface area contributed by atoms with Gasteiger partial charge in [-0.05, 0) is 86.9 Å². The molecule has 3 N–H and O–H groups in total. The van der Waals surface area contributed by atoms with Gasteiger partial charge in [0.1, 0.15) is 4.62 Å². The van der Waals surface area contributed by atoms with Gasteiger partial charge in [-0.1, -0.05) is 0 Å². The summed E-state index contributed by atoms with van der Waals surface area (Å²) in [5, 5.41) is 17.9. The molecule has 0 amide bonds. The quantitative estimate of drug-likeness (QED) is 0.544. The third-order valence-electron chi connectivity index (χ3n) is 4.10. The van der Waals surface area contributed by atoms with Crippen molar-refractivity contribution in [1.82, 2.24) is 4.98 Å². The molecule has 1 aromatic rings. The molecule has 1 aliphatic rings. The highest BCUT2D eigenvalue weighted by molar-refractivity contribution is 9.18. The smallest absolute Gasteiger partial charge is 0.303 e. The standard InChI is InChI=1S/C17H18Br2N2O4/c1-8-10(3-5-14(22)23)12(20-16(8)18)7-13-11(4-6-15(24)25)9(2)17(19)21-13/h7,20H,3-6H2,1-2H3,(H,22,23)(H,24,25)/b13-7-. The first-order chi connectivity index (χ1) is 11.7. The number of carboxylic acid groups (broad SMARTS) is 2. The molecular weight excluding hydrogens is 456 g/mol. The van der Waals surface area contributed by atoms with Crippen LogP contribution in [-0.2, 0) is 16.0 Å². The van der Waals surface area contributed by atoms with Gasteiger partial charge in [-0.25, -0.2) is 4.99 Å². The van der Waals surface area contributed by atoms with E-state index in [9.17, 15) is 9.59 Å². The van der Waals surface area contributed by atoms with Gasteiger partial charge in [0.15, 0.2) is 0 Å². The fourth-order valence-electron chi connectivity index (χ4n) is 2.68. The topological polar surface area (TPSA) is 103 Å². The minimum absolute atomic E-state index is 0.0269. The lowest BCUT2D eigenvalue weighted by Crippen LogP contribution is -2.00. The number of aromatic amines is 1. The first-order valence-corrected chi connectivity index (χ1v) is 9.26. The van der Waals surface area contributed by atoms with Crippen LogP contribution in [0.5, 0.6) is 0 Å². The Morgan fingerprint density at radius 3 is 2.32 bits per heavy atom. The summed E-state index contributed by atoms with van der Waals surface area (Å²) in [4.78, 5) is 29.5. The Labute approximate surface area is 162 Å². The van der Waals surface area contributed by atoms with Crippen molar-refractivity contribution in [3.8, 4) is 0 Å². The zero-order valence-electron chi connectivity index (χ0n) is 13.8. The summed E-state index contributed by atoms with van der Waals surface area (Å²) in [7, 11) is 0. The Bertz CT molecular complexity index is 819. The van der Waals surface area contributed by atoms with Crippen molar-refractivity contribution in [1.29, 1.82) is 0 Å². The predicted molar refractivity (Wildman–Crippen MR) is 103 cm³/mol. The van der Waals surface area contributed by atoms with Gasteiger partial charge < -0.3 is 15.2 Å². The number of aliphatic imine (C=N–C) groups is 1. The molecule has 25 heavy (non-hydrogen) atoms. The Morgan fingerprint density at radius 1 is 1.12 bits per heavy atom. The first-order valence-electron chi connectivity index (χ1n) is 7.67. The zero-order chi connectivity index (χ0) is 18.7. The van der Waals surface area contributed by atoms with Crippen molar-refractivity contribution in [2.24, 2.45) is 4.99 Å². The molecule has 0 saturated carbocycles. The number of allylic oxidation sites excluding steroid dienone is 2. The molecule has 0 spiro atoms. The number of carboxylic acids is 2. The highest BCUT2D eigenvalue weighted by atomic mass is 79.9. The summed E-state index contributed by atoms with van der Waals surface area (Å²) in [6, 6.07) is 0. The van der Waals surface area contributed by atoms with Crippen LogP contribution >= 0.6 is 31.9 Å². The van der Waals surface area contributed by atoms with Crippen LogP contribution in [0.4, 0.5) is 0 Å². The van der Waals surface area contributed by atoms with E-state index in [1.165, 1.54) is 0 Å². The van der Waals surface area contributed by atoms with Gasteiger partial charge in [0.2, 0.25) is 0 Å². The van der Waals surface area contributed by atoms with Crippen molar-refractivity contribution in [3.05, 3.63) is 38.3 Å². The third-order valence-corrected chi connectivity index (χ3v) is 5.67. The Morgan fingerprint density at radius 2 is 1.72 bits per heavy atom. The Kier molecular flexibility index (Phi) is 6.40. The highest BCUT2D eigenvalue weighted by Crippen LogP contribution is 2.34. The summed E-state index contributed by atoms with van der Waals surface area (Å²) in [5.74, 6) is -1.71. The number of nitrogens with zero attached hydrogens (tertiary/aromatic N) is 1. The van der Waals surface area contributed by atoms with E-state index in [4.69, 9.17) is 10.2 Å². The molecule has 1 aromatic heterocycles. The molecule has 0 atom stereocenters. The number of carbonyl (C=O) groups is 2. The number of aromatic nitrogens is 1. The second-order valence-corrected chi connectivity index (χ2v) is 7.32. The molecule has 0 aromatic carbocycles. The fourth-order valence-corrected chi connectivity index (χ4v) is 3.56. The lowest BCUT2D eigenvalue weighted by Gasteiger charge is -2.05. The van der Waals surface area contributed by atoms with Gasteiger partial charge in [-0.15, -0.1) is 0 Å². The molecule has 8 heteroatoms. The van der Waals surface area contributed by atoms with Crippen LogP contribution < -0.4 is 0 Å². The molecule has 0 aliphatic carbocycles. The van der Waals surface area contributed by atoms with E-state index in [0.29, 0.717) is 23.2 Å². The maximum Gasteiger partial charge on any atom is 0.303 e. The number of hydrogen-bond acceptors (Lipinski definition) is 3. The van der Waals surface area contributed by atoms with Crippen molar-refractivity contribution in [2.75, 3.05) is 0 Å². The Hall–Kier alpha value is -1.67. The first kappa shape index (κ1) is 19.7. The molecule has 0 bridgehead atoms. The van der Waals surface area contributed by atoms with Crippen LogP contribution in [0.1, 0.15) is 43.0 Å². The number of nitrogens with one attached hydrogen (secondary N) is 1. The van der Waals surface area contributed by atoms with E-state index < -0.39 is 11.9 Å². The Balaban J connectivity index is 2.40. The third kappa shape index (κ3) is 4.70. The number of halogens is 2. The van der Waals surface area contributed by atoms with Gasteiger partial charge in [0.05, 0.1) is 10.3 Å². The maximum absolute atomic E-state index is 10.9. The minimum atomic E-state index is -0.858. The number of rotatable bonds is 7. The molecule has 6 nitrogen and oxygen atoms in total. The summed E-state index contributed by atoms with van der Waals surface area (Å²) in [6.07, 6.45) is 2.70. The van der Waals surface area contributed by atoms with E-state index in [1.54, 1.807) is 0 Å². The average Bonchev–Trinajstić information content (AvgIpc) is 2.93. The van der Waals surface area contributed by atoms with Gasteiger partial charge in [0.25, 0.3) is 0 Å². The summed E-state index contributed by atoms with van der Waals surface area (Å²) < 4.78 is 1.49. The molecule has 0 fully saturated rings. The van der Waals surface area contributed by atoms with Crippen LogP contribution in [0.2, 0.25) is 0 Å². The van der Waals surface area contributed by atoms with Crippen molar-refractivity contribution >= 4 is 54.5 Å². The second kappa shape index (κ2) is 8.14. The molecule has 2 heterocycles. The number of hydrogen-bond donors (Lipinski definition) is 3. The SMILES string of the molecule is CC1=C(CCC(=O)O)/C(=C/c2[nH]c(Br)c(C)c2CCC(=O)O)N=C1Br. The number of aliphatic carboxylic acids is 2. The van der Waals surface area contributed by atoms with Gasteiger partial charge in [-0.3, -0.25) is 9.59 Å². The monoisotopic (exact) mass is 472 g/mol. The van der Waals surface area contributed by atoms with E-state index >= 15 is 0 Å². The van der Waals surface area contributed by atoms with Crippen LogP contribution in [0.3, 0.4) is 0 Å². The zero-order valence-corrected chi connectivity index (χ0v) is 17.0. The van der Waals surface area contributed by atoms with Crippen molar-refractivity contribution in [3.63, 3.8) is 0 Å². The molecular formula is C17H18Br2N2O4. The van der Waals surface area contributed by atoms with E-state index in [1.807, 2.05) is 19.9 Å². The molecule has 0 radical (unpaired) electrons. The van der Waals surface area contributed by atoms with Crippen LogP contribution in [0.15, 0.2) is 26.4 Å². The molecule has 1 aliphatic heterocycles. The van der Waals surface area contributed by atoms with Crippen molar-refractivity contribution < 1.29 is 19.8 Å². The van der Waals surface area contributed by atoms with Crippen LogP contribution in [-0.4, -0.2) is 31.8 Å². The van der Waals surface area contributed by atoms with Gasteiger partial charge in [0, 0.05) is 18.5 Å². The summed E-state index contributed by atoms with van der Waals surface area (Å²) >= 11 is 6.84. The molecule has 134 valence electrons. The maximum atomic E-state index is 10.9. The van der Waals surface area contributed by atoms with Gasteiger partial charge in [-0.2, -0.15) is 0 Å². The fraction of sp³-hybridized carbons (Fsp3) is 0.353. The van der Waals surface area contributed by atoms with Crippen LogP contribution in [0.25, 0.3) is 6.08 Å². The molecule has 0 saturated heterocycles. The summed E-state index contributed by atoms with van der Waals surface area (Å²) in [5.41, 5.74) is 5.14. The van der Waals surface area contributed by atoms with E-state index in [0.717, 1.165) is 32.6 Å². The van der Waals surface area contributed by atoms with Gasteiger partial charge >= 0.3 is 11.9 Å². The van der Waals surface area contributed by atoms with E-state index in [-0.39, 0.29) is 12.8 Å². The lowest BCUT2D eigenvalue weighted by atomic mass is 10.0. The second-order valence-electron chi connectivity index (χ2n) is 5.78. The normalized spacial score (nSPS) is 15.8. The minimum Gasteiger partial charge on any atom is -0.481 e. The van der Waals surface area contributed by atoms with Crippen LogP contribution in [0, 0.1) is 6.92 Å². The highest BCUT2D eigenvalue weighted by Gasteiger charge is 2.21. The molecule has 0 unspecified atom stereocenters.